The second kappa shape index (κ2) is 4.94. The van der Waals surface area contributed by atoms with Crippen LogP contribution in [0.2, 0.25) is 0 Å². The van der Waals surface area contributed by atoms with Gasteiger partial charge in [0.15, 0.2) is 0 Å². The van der Waals surface area contributed by atoms with Crippen molar-refractivity contribution in [3.05, 3.63) is 0 Å². The van der Waals surface area contributed by atoms with Crippen LogP contribution in [0, 0.1) is 5.92 Å². The Labute approximate surface area is 104 Å². The number of amides is 1. The smallest absolute Gasteiger partial charge is 0.224 e. The lowest BCUT2D eigenvalue weighted by atomic mass is 10.0. The lowest BCUT2D eigenvalue weighted by Crippen LogP contribution is -2.44. The summed E-state index contributed by atoms with van der Waals surface area (Å²) in [6.07, 6.45) is 3.75. The fourth-order valence-electron chi connectivity index (χ4n) is 2.65. The van der Waals surface area contributed by atoms with Gasteiger partial charge in [0.25, 0.3) is 0 Å². The van der Waals surface area contributed by atoms with E-state index in [2.05, 4.69) is 17.1 Å². The van der Waals surface area contributed by atoms with Crippen LogP contribution in [0.15, 0.2) is 0 Å². The number of hydrogen-bond acceptors (Lipinski definition) is 3. The molecule has 1 heterocycles. The van der Waals surface area contributed by atoms with E-state index in [1.54, 1.807) is 0 Å². The van der Waals surface area contributed by atoms with Crippen LogP contribution in [0.25, 0.3) is 0 Å². The van der Waals surface area contributed by atoms with Gasteiger partial charge in [0.1, 0.15) is 0 Å². The number of nitrogens with one attached hydrogen (secondary N) is 1. The van der Waals surface area contributed by atoms with Gasteiger partial charge in [-0.2, -0.15) is 0 Å². The van der Waals surface area contributed by atoms with Gasteiger partial charge in [0, 0.05) is 36.6 Å². The molecular formula is C13H25N3O. The Morgan fingerprint density at radius 1 is 1.41 bits per heavy atom. The van der Waals surface area contributed by atoms with Crippen LogP contribution in [0.5, 0.6) is 0 Å². The highest BCUT2D eigenvalue weighted by Gasteiger charge is 2.39. The first kappa shape index (κ1) is 12.8. The second-order valence-electron chi connectivity index (χ2n) is 5.87. The Hall–Kier alpha value is -0.610. The lowest BCUT2D eigenvalue weighted by Gasteiger charge is -2.20. The van der Waals surface area contributed by atoms with Crippen molar-refractivity contribution < 1.29 is 4.79 Å². The minimum Gasteiger partial charge on any atom is -0.352 e. The van der Waals surface area contributed by atoms with Gasteiger partial charge in [-0.25, -0.2) is 0 Å². The Morgan fingerprint density at radius 3 is 2.59 bits per heavy atom. The summed E-state index contributed by atoms with van der Waals surface area (Å²) in [5.74, 6) is 0.00938. The zero-order valence-corrected chi connectivity index (χ0v) is 11.1. The van der Waals surface area contributed by atoms with Crippen LogP contribution in [0.4, 0.5) is 0 Å². The number of hydrogen-bond donors (Lipinski definition) is 2. The number of likely N-dealkylation sites (tertiary alicyclic amines) is 1. The maximum absolute atomic E-state index is 11.9. The summed E-state index contributed by atoms with van der Waals surface area (Å²) in [5, 5.41) is 3.14. The van der Waals surface area contributed by atoms with Crippen molar-refractivity contribution in [2.75, 3.05) is 6.54 Å². The van der Waals surface area contributed by atoms with Gasteiger partial charge in [-0.15, -0.1) is 0 Å². The molecule has 4 nitrogen and oxygen atoms in total. The molecule has 0 bridgehead atoms. The molecule has 1 aliphatic heterocycles. The van der Waals surface area contributed by atoms with Crippen LogP contribution in [-0.2, 0) is 4.79 Å². The van der Waals surface area contributed by atoms with Crippen LogP contribution >= 0.6 is 0 Å². The first-order valence-corrected chi connectivity index (χ1v) is 6.80. The molecule has 1 saturated carbocycles. The third kappa shape index (κ3) is 2.99. The predicted octanol–water partition coefficient (Wildman–Crippen LogP) is 0.711. The summed E-state index contributed by atoms with van der Waals surface area (Å²) in [5.41, 5.74) is 5.75. The van der Waals surface area contributed by atoms with Crippen LogP contribution in [0.3, 0.4) is 0 Å². The molecule has 0 aromatic heterocycles. The Bertz CT molecular complexity index is 288. The molecule has 98 valence electrons. The summed E-state index contributed by atoms with van der Waals surface area (Å²) in [6.45, 7) is 7.07. The first-order chi connectivity index (χ1) is 7.99. The molecule has 0 aromatic carbocycles. The van der Waals surface area contributed by atoms with E-state index in [1.807, 2.05) is 13.8 Å². The van der Waals surface area contributed by atoms with Crippen molar-refractivity contribution in [2.24, 2.45) is 11.7 Å². The van der Waals surface area contributed by atoms with E-state index >= 15 is 0 Å². The number of carbonyl (C=O) groups is 1. The molecule has 1 aliphatic carbocycles. The minimum atomic E-state index is -0.0970. The number of rotatable bonds is 4. The Kier molecular flexibility index (Phi) is 3.73. The van der Waals surface area contributed by atoms with Crippen molar-refractivity contribution in [1.29, 1.82) is 0 Å². The highest BCUT2D eigenvalue weighted by molar-refractivity contribution is 5.79. The number of nitrogens with zero attached hydrogens (tertiary/aromatic N) is 1. The summed E-state index contributed by atoms with van der Waals surface area (Å²) in [6, 6.07) is 1.64. The summed E-state index contributed by atoms with van der Waals surface area (Å²) in [7, 11) is 0. The van der Waals surface area contributed by atoms with Crippen molar-refractivity contribution in [3.8, 4) is 0 Å². The maximum atomic E-state index is 11.9. The van der Waals surface area contributed by atoms with Crippen LogP contribution < -0.4 is 11.1 Å². The topological polar surface area (TPSA) is 58.4 Å². The molecule has 2 fully saturated rings. The SMILES string of the molecule is CC(N)C(C)C(=O)NC1CC(C)N(C2CC2)C1. The highest BCUT2D eigenvalue weighted by Crippen LogP contribution is 2.33. The molecule has 4 heteroatoms. The monoisotopic (exact) mass is 239 g/mol. The minimum absolute atomic E-state index is 0.0756. The van der Waals surface area contributed by atoms with Gasteiger partial charge in [0.05, 0.1) is 0 Å². The van der Waals surface area contributed by atoms with E-state index in [4.69, 9.17) is 5.73 Å². The zero-order valence-electron chi connectivity index (χ0n) is 11.1. The summed E-state index contributed by atoms with van der Waals surface area (Å²) in [4.78, 5) is 14.5. The third-order valence-corrected chi connectivity index (χ3v) is 4.19. The van der Waals surface area contributed by atoms with Crippen molar-refractivity contribution in [1.82, 2.24) is 10.2 Å². The van der Waals surface area contributed by atoms with Gasteiger partial charge in [-0.05, 0) is 33.1 Å². The van der Waals surface area contributed by atoms with E-state index in [0.717, 1.165) is 19.0 Å². The zero-order chi connectivity index (χ0) is 12.6. The average molecular weight is 239 g/mol. The number of carbonyl (C=O) groups excluding carboxylic acids is 1. The molecule has 4 atom stereocenters. The van der Waals surface area contributed by atoms with Crippen molar-refractivity contribution in [3.63, 3.8) is 0 Å². The van der Waals surface area contributed by atoms with E-state index in [0.29, 0.717) is 12.1 Å². The fraction of sp³-hybridized carbons (Fsp3) is 0.923. The fourth-order valence-corrected chi connectivity index (χ4v) is 2.65. The molecule has 2 rings (SSSR count). The molecular weight excluding hydrogens is 214 g/mol. The average Bonchev–Trinajstić information content (AvgIpc) is 3.03. The molecule has 1 saturated heterocycles. The standard InChI is InChI=1S/C13H25N3O/c1-8-6-11(7-16(8)12-4-5-12)15-13(17)9(2)10(3)14/h8-12H,4-7,14H2,1-3H3,(H,15,17). The second-order valence-corrected chi connectivity index (χ2v) is 5.87. The number of nitrogens with two attached hydrogens (primary N) is 1. The van der Waals surface area contributed by atoms with E-state index in [9.17, 15) is 4.79 Å². The van der Waals surface area contributed by atoms with E-state index in [-0.39, 0.29) is 17.9 Å². The van der Waals surface area contributed by atoms with Crippen molar-refractivity contribution >= 4 is 5.91 Å². The molecule has 0 spiro atoms. The molecule has 3 N–H and O–H groups in total. The third-order valence-electron chi connectivity index (χ3n) is 4.19. The van der Waals surface area contributed by atoms with Gasteiger partial charge in [-0.1, -0.05) is 6.92 Å². The molecule has 4 unspecified atom stereocenters. The summed E-state index contributed by atoms with van der Waals surface area (Å²) >= 11 is 0. The van der Waals surface area contributed by atoms with Gasteiger partial charge >= 0.3 is 0 Å². The lowest BCUT2D eigenvalue weighted by molar-refractivity contribution is -0.125. The van der Waals surface area contributed by atoms with Crippen LogP contribution in [0.1, 0.15) is 40.0 Å². The molecule has 1 amide bonds. The predicted molar refractivity (Wildman–Crippen MR) is 68.6 cm³/mol. The molecule has 0 radical (unpaired) electrons. The van der Waals surface area contributed by atoms with E-state index in [1.165, 1.54) is 12.8 Å². The molecule has 2 aliphatic rings. The Morgan fingerprint density at radius 2 is 2.06 bits per heavy atom. The van der Waals surface area contributed by atoms with E-state index < -0.39 is 0 Å². The summed E-state index contributed by atoms with van der Waals surface area (Å²) < 4.78 is 0. The normalized spacial score (nSPS) is 33.4. The quantitative estimate of drug-likeness (QED) is 0.759. The van der Waals surface area contributed by atoms with Gasteiger partial charge in [0.2, 0.25) is 5.91 Å². The molecule has 0 aromatic rings. The Balaban J connectivity index is 1.82. The maximum Gasteiger partial charge on any atom is 0.224 e. The van der Waals surface area contributed by atoms with Crippen LogP contribution in [-0.4, -0.2) is 41.5 Å². The molecule has 17 heavy (non-hydrogen) atoms. The van der Waals surface area contributed by atoms with Gasteiger partial charge < -0.3 is 11.1 Å². The van der Waals surface area contributed by atoms with Crippen molar-refractivity contribution in [2.45, 2.75) is 64.2 Å². The largest absolute Gasteiger partial charge is 0.352 e. The highest BCUT2D eigenvalue weighted by atomic mass is 16.2. The van der Waals surface area contributed by atoms with Gasteiger partial charge in [-0.3, -0.25) is 9.69 Å². The first-order valence-electron chi connectivity index (χ1n) is 6.80.